The third kappa shape index (κ3) is 5.80. The molecular formula is C14H23N3O. The van der Waals surface area contributed by atoms with Gasteiger partial charge in [-0.1, -0.05) is 37.3 Å². The van der Waals surface area contributed by atoms with Crippen LogP contribution in [0.25, 0.3) is 0 Å². The molecule has 1 aromatic rings. The summed E-state index contributed by atoms with van der Waals surface area (Å²) in [6, 6.07) is 10.1. The summed E-state index contributed by atoms with van der Waals surface area (Å²) >= 11 is 0. The van der Waals surface area contributed by atoms with E-state index in [0.717, 1.165) is 19.5 Å². The highest BCUT2D eigenvalue weighted by atomic mass is 16.1. The quantitative estimate of drug-likeness (QED) is 0.644. The van der Waals surface area contributed by atoms with E-state index in [1.54, 1.807) is 0 Å². The standard InChI is InChI=1S/C14H23N3O/c1-2-8-16-14(18)9-13(10-15)17-11-12-6-4-3-5-7-12/h3-7,13,17H,2,8-11,15H2,1H3,(H,16,18). The van der Waals surface area contributed by atoms with Gasteiger partial charge < -0.3 is 16.4 Å². The fourth-order valence-corrected chi connectivity index (χ4v) is 1.66. The molecule has 0 fully saturated rings. The number of nitrogens with one attached hydrogen (secondary N) is 2. The van der Waals surface area contributed by atoms with E-state index in [0.29, 0.717) is 13.0 Å². The second-order valence-electron chi connectivity index (χ2n) is 4.35. The molecule has 1 amide bonds. The van der Waals surface area contributed by atoms with Crippen molar-refractivity contribution in [2.75, 3.05) is 13.1 Å². The molecule has 0 heterocycles. The molecule has 1 unspecified atom stereocenters. The molecule has 0 radical (unpaired) electrons. The van der Waals surface area contributed by atoms with Crippen LogP contribution in [0.1, 0.15) is 25.3 Å². The van der Waals surface area contributed by atoms with Crippen molar-refractivity contribution in [1.82, 2.24) is 10.6 Å². The molecule has 0 spiro atoms. The number of rotatable bonds is 8. The lowest BCUT2D eigenvalue weighted by molar-refractivity contribution is -0.121. The number of nitrogens with two attached hydrogens (primary N) is 1. The molecular weight excluding hydrogens is 226 g/mol. The van der Waals surface area contributed by atoms with Gasteiger partial charge in [-0.3, -0.25) is 4.79 Å². The van der Waals surface area contributed by atoms with E-state index in [2.05, 4.69) is 22.8 Å². The predicted octanol–water partition coefficient (Wildman–Crippen LogP) is 1.02. The Morgan fingerprint density at radius 3 is 2.67 bits per heavy atom. The minimum Gasteiger partial charge on any atom is -0.356 e. The van der Waals surface area contributed by atoms with Crippen molar-refractivity contribution in [3.63, 3.8) is 0 Å². The highest BCUT2D eigenvalue weighted by Gasteiger charge is 2.11. The summed E-state index contributed by atoms with van der Waals surface area (Å²) in [4.78, 5) is 11.6. The first-order valence-corrected chi connectivity index (χ1v) is 6.50. The van der Waals surface area contributed by atoms with Gasteiger partial charge in [0.25, 0.3) is 0 Å². The van der Waals surface area contributed by atoms with Crippen molar-refractivity contribution in [3.05, 3.63) is 35.9 Å². The molecule has 18 heavy (non-hydrogen) atoms. The van der Waals surface area contributed by atoms with Crippen molar-refractivity contribution in [3.8, 4) is 0 Å². The lowest BCUT2D eigenvalue weighted by Crippen LogP contribution is -2.40. The molecule has 100 valence electrons. The van der Waals surface area contributed by atoms with E-state index in [1.165, 1.54) is 5.56 Å². The maximum atomic E-state index is 11.6. The maximum Gasteiger partial charge on any atom is 0.221 e. The van der Waals surface area contributed by atoms with Gasteiger partial charge in [0.2, 0.25) is 5.91 Å². The number of hydrogen-bond donors (Lipinski definition) is 3. The fourth-order valence-electron chi connectivity index (χ4n) is 1.66. The van der Waals surface area contributed by atoms with Crippen LogP contribution in [0, 0.1) is 0 Å². The second-order valence-corrected chi connectivity index (χ2v) is 4.35. The van der Waals surface area contributed by atoms with E-state index in [1.807, 2.05) is 25.1 Å². The largest absolute Gasteiger partial charge is 0.356 e. The number of hydrogen-bond acceptors (Lipinski definition) is 3. The van der Waals surface area contributed by atoms with Gasteiger partial charge in [-0.15, -0.1) is 0 Å². The Hall–Kier alpha value is -1.39. The summed E-state index contributed by atoms with van der Waals surface area (Å²) in [6.45, 7) is 3.97. The average Bonchev–Trinajstić information content (AvgIpc) is 2.42. The van der Waals surface area contributed by atoms with Crippen LogP contribution in [0.15, 0.2) is 30.3 Å². The molecule has 0 bridgehead atoms. The average molecular weight is 249 g/mol. The van der Waals surface area contributed by atoms with Gasteiger partial charge in [0.15, 0.2) is 0 Å². The molecule has 0 aromatic heterocycles. The molecule has 4 heteroatoms. The Morgan fingerprint density at radius 2 is 2.06 bits per heavy atom. The third-order valence-electron chi connectivity index (χ3n) is 2.73. The van der Waals surface area contributed by atoms with E-state index < -0.39 is 0 Å². The summed E-state index contributed by atoms with van der Waals surface area (Å²) in [6.07, 6.45) is 1.39. The summed E-state index contributed by atoms with van der Waals surface area (Å²) in [5, 5.41) is 6.17. The van der Waals surface area contributed by atoms with Crippen molar-refractivity contribution < 1.29 is 4.79 Å². The van der Waals surface area contributed by atoms with Gasteiger partial charge >= 0.3 is 0 Å². The normalized spacial score (nSPS) is 12.1. The molecule has 4 N–H and O–H groups in total. The molecule has 1 rings (SSSR count). The lowest BCUT2D eigenvalue weighted by atomic mass is 10.1. The van der Waals surface area contributed by atoms with Crippen molar-refractivity contribution in [1.29, 1.82) is 0 Å². The monoisotopic (exact) mass is 249 g/mol. The summed E-state index contributed by atoms with van der Waals surface area (Å²) in [5.74, 6) is 0.0628. The van der Waals surface area contributed by atoms with E-state index in [-0.39, 0.29) is 11.9 Å². The van der Waals surface area contributed by atoms with Crippen molar-refractivity contribution in [2.45, 2.75) is 32.4 Å². The maximum absolute atomic E-state index is 11.6. The molecule has 0 saturated carbocycles. The predicted molar refractivity (Wildman–Crippen MR) is 74.0 cm³/mol. The van der Waals surface area contributed by atoms with E-state index in [4.69, 9.17) is 5.73 Å². The van der Waals surface area contributed by atoms with Gasteiger partial charge in [-0.05, 0) is 12.0 Å². The first kappa shape index (κ1) is 14.7. The molecule has 0 aliphatic heterocycles. The van der Waals surface area contributed by atoms with Crippen LogP contribution in [0.2, 0.25) is 0 Å². The first-order chi connectivity index (χ1) is 8.76. The topological polar surface area (TPSA) is 67.2 Å². The Morgan fingerprint density at radius 1 is 1.33 bits per heavy atom. The van der Waals surface area contributed by atoms with Crippen molar-refractivity contribution in [2.24, 2.45) is 5.73 Å². The van der Waals surface area contributed by atoms with E-state index in [9.17, 15) is 4.79 Å². The summed E-state index contributed by atoms with van der Waals surface area (Å²) in [7, 11) is 0. The third-order valence-corrected chi connectivity index (χ3v) is 2.73. The Bertz CT molecular complexity index is 340. The zero-order chi connectivity index (χ0) is 13.2. The lowest BCUT2D eigenvalue weighted by Gasteiger charge is -2.16. The van der Waals surface area contributed by atoms with Crippen LogP contribution in [0.3, 0.4) is 0 Å². The number of amides is 1. The SMILES string of the molecule is CCCNC(=O)CC(CN)NCc1ccccc1. The number of benzene rings is 1. The van der Waals surface area contributed by atoms with Gasteiger partial charge in [0.1, 0.15) is 0 Å². The van der Waals surface area contributed by atoms with Gasteiger partial charge in [-0.2, -0.15) is 0 Å². The van der Waals surface area contributed by atoms with Gasteiger partial charge in [0, 0.05) is 32.1 Å². The van der Waals surface area contributed by atoms with Gasteiger partial charge in [0.05, 0.1) is 0 Å². The minimum atomic E-state index is 0.0297. The van der Waals surface area contributed by atoms with Gasteiger partial charge in [-0.25, -0.2) is 0 Å². The van der Waals surface area contributed by atoms with Crippen LogP contribution in [0.4, 0.5) is 0 Å². The zero-order valence-corrected chi connectivity index (χ0v) is 11.0. The van der Waals surface area contributed by atoms with Crippen LogP contribution >= 0.6 is 0 Å². The Kier molecular flexibility index (Phi) is 7.06. The highest BCUT2D eigenvalue weighted by Crippen LogP contribution is 1.99. The number of carbonyl (C=O) groups excluding carboxylic acids is 1. The van der Waals surface area contributed by atoms with E-state index >= 15 is 0 Å². The van der Waals surface area contributed by atoms with Crippen LogP contribution in [-0.2, 0) is 11.3 Å². The Labute approximate surface area is 109 Å². The minimum absolute atomic E-state index is 0.0297. The molecule has 1 aromatic carbocycles. The fraction of sp³-hybridized carbons (Fsp3) is 0.500. The second kappa shape index (κ2) is 8.66. The first-order valence-electron chi connectivity index (χ1n) is 6.50. The molecule has 4 nitrogen and oxygen atoms in total. The highest BCUT2D eigenvalue weighted by molar-refractivity contribution is 5.76. The van der Waals surface area contributed by atoms with Crippen LogP contribution in [0.5, 0.6) is 0 Å². The molecule has 0 aliphatic carbocycles. The summed E-state index contributed by atoms with van der Waals surface area (Å²) < 4.78 is 0. The Balaban J connectivity index is 2.31. The molecule has 1 atom stereocenters. The smallest absolute Gasteiger partial charge is 0.221 e. The molecule has 0 aliphatic rings. The van der Waals surface area contributed by atoms with Crippen LogP contribution < -0.4 is 16.4 Å². The van der Waals surface area contributed by atoms with Crippen LogP contribution in [-0.4, -0.2) is 25.0 Å². The van der Waals surface area contributed by atoms with Crippen molar-refractivity contribution >= 4 is 5.91 Å². The number of carbonyl (C=O) groups is 1. The zero-order valence-electron chi connectivity index (χ0n) is 11.0. The molecule has 0 saturated heterocycles. The summed E-state index contributed by atoms with van der Waals surface area (Å²) in [5.41, 5.74) is 6.87.